The zero-order chi connectivity index (χ0) is 14.5. The lowest BCUT2D eigenvalue weighted by molar-refractivity contribution is -0.132. The Balaban J connectivity index is 0.00000361. The fourth-order valence-electron chi connectivity index (χ4n) is 2.00. The zero-order valence-electron chi connectivity index (χ0n) is 12.1. The van der Waals surface area contributed by atoms with E-state index < -0.39 is 12.6 Å². The van der Waals surface area contributed by atoms with E-state index >= 15 is 0 Å². The van der Waals surface area contributed by atoms with E-state index in [-0.39, 0.29) is 30.5 Å². The van der Waals surface area contributed by atoms with Crippen molar-refractivity contribution in [1.29, 1.82) is 0 Å². The maximum Gasteiger partial charge on any atom is 0.390 e. The smallest absolute Gasteiger partial charge is 0.356 e. The number of nitrogens with one attached hydrogen (secondary N) is 2. The van der Waals surface area contributed by atoms with E-state index in [0.29, 0.717) is 24.5 Å². The van der Waals surface area contributed by atoms with Crippen LogP contribution in [0.4, 0.5) is 13.2 Å². The minimum atomic E-state index is -4.13. The van der Waals surface area contributed by atoms with Gasteiger partial charge in [-0.15, -0.1) is 24.0 Å². The molecule has 0 spiro atoms. The molecule has 1 unspecified atom stereocenters. The van der Waals surface area contributed by atoms with Crippen molar-refractivity contribution in [2.75, 3.05) is 34.2 Å². The summed E-state index contributed by atoms with van der Waals surface area (Å²) >= 11 is 0. The molecular formula is C12H24F3IN4. The molecule has 1 atom stereocenters. The number of nitrogens with zero attached hydrogens (tertiary/aromatic N) is 2. The van der Waals surface area contributed by atoms with Crippen LogP contribution in [0.2, 0.25) is 0 Å². The van der Waals surface area contributed by atoms with Gasteiger partial charge in [-0.2, -0.15) is 13.2 Å². The summed E-state index contributed by atoms with van der Waals surface area (Å²) in [5, 5.41) is 5.77. The molecule has 1 aliphatic carbocycles. The lowest BCUT2D eigenvalue weighted by atomic mass is 10.1. The van der Waals surface area contributed by atoms with Crippen LogP contribution in [0.15, 0.2) is 4.99 Å². The Morgan fingerprint density at radius 3 is 2.30 bits per heavy atom. The Morgan fingerprint density at radius 2 is 1.90 bits per heavy atom. The highest BCUT2D eigenvalue weighted by Crippen LogP contribution is 2.34. The van der Waals surface area contributed by atoms with Crippen LogP contribution in [0.3, 0.4) is 0 Å². The summed E-state index contributed by atoms with van der Waals surface area (Å²) in [6.45, 7) is 0.544. The molecule has 0 amide bonds. The van der Waals surface area contributed by atoms with Crippen molar-refractivity contribution < 1.29 is 13.2 Å². The van der Waals surface area contributed by atoms with Crippen molar-refractivity contribution >= 4 is 29.9 Å². The number of halogens is 4. The summed E-state index contributed by atoms with van der Waals surface area (Å²) < 4.78 is 36.1. The molecule has 0 aromatic rings. The zero-order valence-corrected chi connectivity index (χ0v) is 14.5. The molecule has 0 aromatic carbocycles. The minimum Gasteiger partial charge on any atom is -0.356 e. The Kier molecular flexibility index (Phi) is 8.80. The Hall–Kier alpha value is -0.250. The van der Waals surface area contributed by atoms with Crippen LogP contribution in [-0.2, 0) is 0 Å². The number of likely N-dealkylation sites (N-methyl/N-ethyl adjacent to an activating group) is 1. The van der Waals surface area contributed by atoms with Gasteiger partial charge in [0.1, 0.15) is 0 Å². The van der Waals surface area contributed by atoms with Gasteiger partial charge in [-0.25, -0.2) is 0 Å². The Labute approximate surface area is 135 Å². The summed E-state index contributed by atoms with van der Waals surface area (Å²) in [6.07, 6.45) is -2.53. The molecule has 0 bridgehead atoms. The maximum absolute atomic E-state index is 12.0. The molecule has 2 N–H and O–H groups in total. The molecule has 0 aromatic heterocycles. The summed E-state index contributed by atoms with van der Waals surface area (Å²) in [4.78, 5) is 6.07. The van der Waals surface area contributed by atoms with E-state index in [1.807, 2.05) is 14.1 Å². The Morgan fingerprint density at radius 1 is 1.30 bits per heavy atom. The van der Waals surface area contributed by atoms with Gasteiger partial charge in [0.25, 0.3) is 0 Å². The molecule has 0 radical (unpaired) electrons. The summed E-state index contributed by atoms with van der Waals surface area (Å²) in [5.41, 5.74) is 0. The van der Waals surface area contributed by atoms with E-state index in [1.54, 1.807) is 7.05 Å². The number of hydrogen-bond acceptors (Lipinski definition) is 2. The third-order valence-electron chi connectivity index (χ3n) is 3.23. The predicted molar refractivity (Wildman–Crippen MR) is 85.7 cm³/mol. The molecule has 4 nitrogen and oxygen atoms in total. The van der Waals surface area contributed by atoms with Crippen molar-refractivity contribution in [3.8, 4) is 0 Å². The molecular weight excluding hydrogens is 384 g/mol. The molecule has 20 heavy (non-hydrogen) atoms. The first-order valence-corrected chi connectivity index (χ1v) is 6.51. The first-order chi connectivity index (χ1) is 8.83. The summed E-state index contributed by atoms with van der Waals surface area (Å²) in [6, 6.07) is 0.404. The number of guanidine groups is 1. The molecule has 1 aliphatic rings. The SMILES string of the molecule is CN=C(NCCC(F)(F)F)NCC(C1CC1)N(C)C.I. The van der Waals surface area contributed by atoms with Crippen LogP contribution >= 0.6 is 24.0 Å². The van der Waals surface area contributed by atoms with Crippen molar-refractivity contribution in [3.05, 3.63) is 0 Å². The van der Waals surface area contributed by atoms with Gasteiger partial charge in [0.15, 0.2) is 5.96 Å². The summed E-state index contributed by atoms with van der Waals surface area (Å²) in [7, 11) is 5.60. The van der Waals surface area contributed by atoms with E-state index in [0.717, 1.165) is 0 Å². The number of rotatable bonds is 6. The van der Waals surface area contributed by atoms with E-state index in [1.165, 1.54) is 12.8 Å². The molecule has 8 heteroatoms. The highest BCUT2D eigenvalue weighted by Gasteiger charge is 2.32. The molecule has 120 valence electrons. The quantitative estimate of drug-likeness (QED) is 0.402. The monoisotopic (exact) mass is 408 g/mol. The largest absolute Gasteiger partial charge is 0.390 e. The summed E-state index contributed by atoms with van der Waals surface area (Å²) in [5.74, 6) is 1.12. The minimum absolute atomic E-state index is 0. The topological polar surface area (TPSA) is 39.7 Å². The number of aliphatic imine (C=N–C) groups is 1. The van der Waals surface area contributed by atoms with E-state index in [2.05, 4.69) is 20.5 Å². The molecule has 1 saturated carbocycles. The van der Waals surface area contributed by atoms with E-state index in [4.69, 9.17) is 0 Å². The second-order valence-corrected chi connectivity index (χ2v) is 5.11. The van der Waals surface area contributed by atoms with Crippen LogP contribution in [0, 0.1) is 5.92 Å². The lowest BCUT2D eigenvalue weighted by Crippen LogP contribution is -2.46. The third-order valence-corrected chi connectivity index (χ3v) is 3.23. The van der Waals surface area contributed by atoms with Crippen molar-refractivity contribution in [2.24, 2.45) is 10.9 Å². The molecule has 0 saturated heterocycles. The fourth-order valence-corrected chi connectivity index (χ4v) is 2.00. The van der Waals surface area contributed by atoms with Crippen LogP contribution in [0.5, 0.6) is 0 Å². The first kappa shape index (κ1) is 19.8. The fraction of sp³-hybridized carbons (Fsp3) is 0.917. The van der Waals surface area contributed by atoms with Crippen molar-refractivity contribution in [3.63, 3.8) is 0 Å². The molecule has 1 fully saturated rings. The van der Waals surface area contributed by atoms with Gasteiger partial charge in [-0.3, -0.25) is 4.99 Å². The third kappa shape index (κ3) is 8.13. The van der Waals surface area contributed by atoms with Crippen LogP contribution in [0.1, 0.15) is 19.3 Å². The van der Waals surface area contributed by atoms with Gasteiger partial charge in [0.2, 0.25) is 0 Å². The van der Waals surface area contributed by atoms with Crippen LogP contribution in [-0.4, -0.2) is 57.3 Å². The van der Waals surface area contributed by atoms with Gasteiger partial charge >= 0.3 is 6.18 Å². The Bertz CT molecular complexity index is 302. The van der Waals surface area contributed by atoms with Gasteiger partial charge in [-0.1, -0.05) is 0 Å². The second kappa shape index (κ2) is 8.91. The van der Waals surface area contributed by atoms with Gasteiger partial charge in [0, 0.05) is 26.2 Å². The highest BCUT2D eigenvalue weighted by molar-refractivity contribution is 14.0. The predicted octanol–water partition coefficient (Wildman–Crippen LogP) is 2.06. The van der Waals surface area contributed by atoms with E-state index in [9.17, 15) is 13.2 Å². The van der Waals surface area contributed by atoms with Gasteiger partial charge in [-0.05, 0) is 32.9 Å². The van der Waals surface area contributed by atoms with Gasteiger partial charge in [0.05, 0.1) is 6.42 Å². The average molecular weight is 408 g/mol. The second-order valence-electron chi connectivity index (χ2n) is 5.11. The number of alkyl halides is 3. The van der Waals surface area contributed by atoms with Gasteiger partial charge < -0.3 is 15.5 Å². The van der Waals surface area contributed by atoms with Crippen molar-refractivity contribution in [1.82, 2.24) is 15.5 Å². The standard InChI is InChI=1S/C12H23F3N4.HI/c1-16-11(17-7-6-12(13,14)15)18-8-10(19(2)3)9-4-5-9;/h9-10H,4-8H2,1-3H3,(H2,16,17,18);1H. The normalized spacial score (nSPS) is 17.6. The van der Waals surface area contributed by atoms with Crippen LogP contribution in [0.25, 0.3) is 0 Å². The molecule has 1 rings (SSSR count). The maximum atomic E-state index is 12.0. The lowest BCUT2D eigenvalue weighted by Gasteiger charge is -2.25. The molecule has 0 aliphatic heterocycles. The van der Waals surface area contributed by atoms with Crippen LogP contribution < -0.4 is 10.6 Å². The number of hydrogen-bond donors (Lipinski definition) is 2. The highest BCUT2D eigenvalue weighted by atomic mass is 127. The average Bonchev–Trinajstić information content (AvgIpc) is 3.09. The molecule has 0 heterocycles. The van der Waals surface area contributed by atoms with Crippen molar-refractivity contribution in [2.45, 2.75) is 31.5 Å². The first-order valence-electron chi connectivity index (χ1n) is 6.51.